The van der Waals surface area contributed by atoms with Gasteiger partial charge in [-0.2, -0.15) is 0 Å². The van der Waals surface area contributed by atoms with Crippen LogP contribution in [-0.4, -0.2) is 10.9 Å². The van der Waals surface area contributed by atoms with Crippen LogP contribution >= 0.6 is 12.2 Å². The molecular formula is C15H13FN2OS. The van der Waals surface area contributed by atoms with E-state index in [1.807, 2.05) is 6.07 Å². The van der Waals surface area contributed by atoms with E-state index in [1.165, 1.54) is 18.2 Å². The summed E-state index contributed by atoms with van der Waals surface area (Å²) in [4.78, 5) is 12.5. The number of halogens is 1. The van der Waals surface area contributed by atoms with Gasteiger partial charge in [-0.3, -0.25) is 4.79 Å². The first-order valence-electron chi connectivity index (χ1n) is 5.99. The highest BCUT2D eigenvalue weighted by molar-refractivity contribution is 7.80. The van der Waals surface area contributed by atoms with Gasteiger partial charge in [-0.05, 0) is 29.8 Å². The van der Waals surface area contributed by atoms with Crippen molar-refractivity contribution in [2.45, 2.75) is 6.42 Å². The van der Waals surface area contributed by atoms with Crippen molar-refractivity contribution in [2.24, 2.45) is 5.73 Å². The van der Waals surface area contributed by atoms with Crippen molar-refractivity contribution in [2.75, 3.05) is 5.32 Å². The minimum absolute atomic E-state index is 0.316. The molecule has 0 aliphatic rings. The molecule has 2 rings (SSSR count). The minimum atomic E-state index is -0.403. The summed E-state index contributed by atoms with van der Waals surface area (Å²) in [5, 5.41) is 2.65. The highest BCUT2D eigenvalue weighted by atomic mass is 32.1. The molecule has 5 heteroatoms. The van der Waals surface area contributed by atoms with Crippen molar-refractivity contribution in [1.29, 1.82) is 0 Å². The number of hydrogen-bond donors (Lipinski definition) is 2. The molecule has 0 atom stereocenters. The molecule has 0 heterocycles. The molecule has 0 spiro atoms. The number of anilines is 1. The van der Waals surface area contributed by atoms with E-state index in [4.69, 9.17) is 18.0 Å². The highest BCUT2D eigenvalue weighted by Gasteiger charge is 2.11. The fourth-order valence-corrected chi connectivity index (χ4v) is 2.00. The number of hydrogen-bond acceptors (Lipinski definition) is 2. The molecule has 20 heavy (non-hydrogen) atoms. The van der Waals surface area contributed by atoms with Crippen LogP contribution in [0.3, 0.4) is 0 Å². The number of thiocarbonyl (C=S) groups is 1. The first-order valence-corrected chi connectivity index (χ1v) is 6.40. The molecule has 0 aliphatic heterocycles. The summed E-state index contributed by atoms with van der Waals surface area (Å²) in [5.41, 5.74) is 7.14. The molecule has 0 bridgehead atoms. The Bertz CT molecular complexity index is 658. The SMILES string of the molecule is NC(=S)Cc1ccccc1C(=O)Nc1cccc(F)c1. The van der Waals surface area contributed by atoms with Crippen molar-refractivity contribution in [3.8, 4) is 0 Å². The van der Waals surface area contributed by atoms with Crippen molar-refractivity contribution in [3.05, 3.63) is 65.5 Å². The van der Waals surface area contributed by atoms with Gasteiger partial charge in [0, 0.05) is 17.7 Å². The zero-order valence-electron chi connectivity index (χ0n) is 10.6. The number of rotatable bonds is 4. The Balaban J connectivity index is 2.23. The predicted molar refractivity (Wildman–Crippen MR) is 81.3 cm³/mol. The van der Waals surface area contributed by atoms with Crippen LogP contribution in [0.4, 0.5) is 10.1 Å². The second-order valence-electron chi connectivity index (χ2n) is 4.26. The third-order valence-corrected chi connectivity index (χ3v) is 2.85. The zero-order valence-corrected chi connectivity index (χ0v) is 11.4. The van der Waals surface area contributed by atoms with Crippen LogP contribution in [0.1, 0.15) is 15.9 Å². The summed E-state index contributed by atoms with van der Waals surface area (Å²) in [7, 11) is 0. The normalized spacial score (nSPS) is 10.1. The van der Waals surface area contributed by atoms with Crippen LogP contribution in [0.2, 0.25) is 0 Å². The van der Waals surface area contributed by atoms with Crippen LogP contribution < -0.4 is 11.1 Å². The monoisotopic (exact) mass is 288 g/mol. The van der Waals surface area contributed by atoms with Crippen molar-refractivity contribution < 1.29 is 9.18 Å². The molecule has 102 valence electrons. The van der Waals surface area contributed by atoms with Gasteiger partial charge in [0.05, 0.1) is 4.99 Å². The fourth-order valence-electron chi connectivity index (χ4n) is 1.85. The van der Waals surface area contributed by atoms with Gasteiger partial charge in [0.15, 0.2) is 0 Å². The van der Waals surface area contributed by atoms with Gasteiger partial charge >= 0.3 is 0 Å². The number of carbonyl (C=O) groups is 1. The predicted octanol–water partition coefficient (Wildman–Crippen LogP) is 2.91. The molecule has 0 fully saturated rings. The molecule has 2 aromatic carbocycles. The number of amides is 1. The first kappa shape index (κ1) is 14.1. The number of nitrogens with two attached hydrogens (primary N) is 1. The average molecular weight is 288 g/mol. The molecule has 0 unspecified atom stereocenters. The zero-order chi connectivity index (χ0) is 14.5. The summed E-state index contributed by atoms with van der Waals surface area (Å²) in [6.07, 6.45) is 0.349. The van der Waals surface area contributed by atoms with E-state index >= 15 is 0 Å². The Morgan fingerprint density at radius 1 is 1.20 bits per heavy atom. The molecule has 2 aromatic rings. The highest BCUT2D eigenvalue weighted by Crippen LogP contribution is 2.14. The fraction of sp³-hybridized carbons (Fsp3) is 0.0667. The van der Waals surface area contributed by atoms with E-state index in [0.29, 0.717) is 22.7 Å². The Morgan fingerprint density at radius 3 is 2.65 bits per heavy atom. The van der Waals surface area contributed by atoms with Crippen molar-refractivity contribution in [1.82, 2.24) is 0 Å². The van der Waals surface area contributed by atoms with E-state index in [0.717, 1.165) is 5.56 Å². The van der Waals surface area contributed by atoms with E-state index in [9.17, 15) is 9.18 Å². The van der Waals surface area contributed by atoms with Crippen LogP contribution in [0.25, 0.3) is 0 Å². The van der Waals surface area contributed by atoms with Gasteiger partial charge in [0.25, 0.3) is 5.91 Å². The van der Waals surface area contributed by atoms with E-state index in [1.54, 1.807) is 24.3 Å². The van der Waals surface area contributed by atoms with Gasteiger partial charge < -0.3 is 11.1 Å². The molecule has 3 nitrogen and oxygen atoms in total. The Hall–Kier alpha value is -2.27. The third-order valence-electron chi connectivity index (χ3n) is 2.71. The molecule has 0 radical (unpaired) electrons. The van der Waals surface area contributed by atoms with Crippen LogP contribution in [-0.2, 0) is 6.42 Å². The van der Waals surface area contributed by atoms with Gasteiger partial charge in [-0.25, -0.2) is 4.39 Å². The van der Waals surface area contributed by atoms with Crippen LogP contribution in [0.5, 0.6) is 0 Å². The summed E-state index contributed by atoms with van der Waals surface area (Å²) >= 11 is 4.87. The summed E-state index contributed by atoms with van der Waals surface area (Å²) < 4.78 is 13.1. The summed E-state index contributed by atoms with van der Waals surface area (Å²) in [5.74, 6) is -0.721. The maximum absolute atomic E-state index is 13.1. The van der Waals surface area contributed by atoms with Crippen molar-refractivity contribution >= 4 is 28.8 Å². The number of nitrogens with one attached hydrogen (secondary N) is 1. The molecule has 0 saturated heterocycles. The van der Waals surface area contributed by atoms with E-state index in [2.05, 4.69) is 5.32 Å². The van der Waals surface area contributed by atoms with Crippen molar-refractivity contribution in [3.63, 3.8) is 0 Å². The molecule has 0 aliphatic carbocycles. The topological polar surface area (TPSA) is 55.1 Å². The standard InChI is InChI=1S/C15H13FN2OS/c16-11-5-3-6-12(9-11)18-15(19)13-7-2-1-4-10(13)8-14(17)20/h1-7,9H,8H2,(H2,17,20)(H,18,19). The van der Waals surface area contributed by atoms with Gasteiger partial charge in [-0.1, -0.05) is 36.5 Å². The summed E-state index contributed by atoms with van der Waals surface area (Å²) in [6, 6.07) is 12.8. The lowest BCUT2D eigenvalue weighted by molar-refractivity contribution is 0.102. The largest absolute Gasteiger partial charge is 0.393 e. The third kappa shape index (κ3) is 3.61. The molecule has 0 saturated carbocycles. The molecule has 0 aromatic heterocycles. The maximum Gasteiger partial charge on any atom is 0.255 e. The van der Waals surface area contributed by atoms with Crippen LogP contribution in [0.15, 0.2) is 48.5 Å². The van der Waals surface area contributed by atoms with E-state index < -0.39 is 5.82 Å². The number of benzene rings is 2. The molecule has 3 N–H and O–H groups in total. The first-order chi connectivity index (χ1) is 9.56. The Kier molecular flexibility index (Phi) is 4.42. The average Bonchev–Trinajstić information content (AvgIpc) is 2.38. The Morgan fingerprint density at radius 2 is 1.95 bits per heavy atom. The minimum Gasteiger partial charge on any atom is -0.393 e. The quantitative estimate of drug-likeness (QED) is 0.851. The van der Waals surface area contributed by atoms with Crippen LogP contribution in [0, 0.1) is 5.82 Å². The van der Waals surface area contributed by atoms with Gasteiger partial charge in [0.1, 0.15) is 5.82 Å². The lowest BCUT2D eigenvalue weighted by Crippen LogP contribution is -2.18. The molecular weight excluding hydrogens is 275 g/mol. The number of carbonyl (C=O) groups excluding carboxylic acids is 1. The second kappa shape index (κ2) is 6.25. The molecule has 1 amide bonds. The maximum atomic E-state index is 13.1. The van der Waals surface area contributed by atoms with Gasteiger partial charge in [-0.15, -0.1) is 0 Å². The lowest BCUT2D eigenvalue weighted by atomic mass is 10.0. The Labute approximate surface area is 121 Å². The smallest absolute Gasteiger partial charge is 0.255 e. The lowest BCUT2D eigenvalue weighted by Gasteiger charge is -2.09. The van der Waals surface area contributed by atoms with Gasteiger partial charge in [0.2, 0.25) is 0 Å². The summed E-state index contributed by atoms with van der Waals surface area (Å²) in [6.45, 7) is 0. The van der Waals surface area contributed by atoms with E-state index in [-0.39, 0.29) is 5.91 Å². The second-order valence-corrected chi connectivity index (χ2v) is 4.79.